The largest absolute Gasteiger partial charge is 0.478 e. The SMILES string of the molecule is CN(C)C(CC(N)=O)C1(Nc2nc3ccc(Cl)cc3s2)Nc2cc(C(=O)O)ccc2N1C. The van der Waals surface area contributed by atoms with E-state index in [1.165, 1.54) is 11.3 Å². The van der Waals surface area contributed by atoms with Gasteiger partial charge in [-0.25, -0.2) is 9.78 Å². The first-order valence-corrected chi connectivity index (χ1v) is 11.0. The Kier molecular flexibility index (Phi) is 5.61. The van der Waals surface area contributed by atoms with Crippen LogP contribution in [0, 0.1) is 0 Å². The van der Waals surface area contributed by atoms with Crippen LogP contribution in [0.3, 0.4) is 0 Å². The van der Waals surface area contributed by atoms with Gasteiger partial charge in [0.25, 0.3) is 0 Å². The lowest BCUT2D eigenvalue weighted by atomic mass is 10.0. The summed E-state index contributed by atoms with van der Waals surface area (Å²) < 4.78 is 0.915. The van der Waals surface area contributed by atoms with Crippen LogP contribution in [0.1, 0.15) is 16.8 Å². The average molecular weight is 475 g/mol. The molecule has 5 N–H and O–H groups in total. The number of carbonyl (C=O) groups excluding carboxylic acids is 1. The van der Waals surface area contributed by atoms with Crippen LogP contribution in [0.4, 0.5) is 16.5 Å². The predicted octanol–water partition coefficient (Wildman–Crippen LogP) is 3.08. The summed E-state index contributed by atoms with van der Waals surface area (Å²) in [5.41, 5.74) is 7.95. The smallest absolute Gasteiger partial charge is 0.335 e. The molecule has 11 heteroatoms. The van der Waals surface area contributed by atoms with E-state index in [9.17, 15) is 14.7 Å². The zero-order chi connectivity index (χ0) is 23.2. The second-order valence-electron chi connectivity index (χ2n) is 7.89. The monoisotopic (exact) mass is 474 g/mol. The van der Waals surface area contributed by atoms with E-state index >= 15 is 0 Å². The summed E-state index contributed by atoms with van der Waals surface area (Å²) in [6.45, 7) is 0. The third-order valence-electron chi connectivity index (χ3n) is 5.61. The van der Waals surface area contributed by atoms with E-state index in [1.54, 1.807) is 24.3 Å². The standard InChI is InChI=1S/C21H23ClN6O3S/c1-27(2)17(10-18(23)29)21(26-20-24-13-6-5-12(22)9-16(13)32-20)25-14-8-11(19(30)31)4-7-15(14)28(21)3/h4-9,17,25H,10H2,1-3H3,(H2,23,29)(H,24,26)(H,30,31). The minimum absolute atomic E-state index is 0.0494. The van der Waals surface area contributed by atoms with Crippen LogP contribution in [0.2, 0.25) is 5.02 Å². The van der Waals surface area contributed by atoms with E-state index < -0.39 is 23.7 Å². The normalized spacial score (nSPS) is 18.5. The number of rotatable bonds is 7. The number of likely N-dealkylation sites (N-methyl/N-ethyl adjacent to an activating group) is 2. The van der Waals surface area contributed by atoms with Crippen molar-refractivity contribution in [1.82, 2.24) is 9.88 Å². The minimum atomic E-state index is -1.03. The van der Waals surface area contributed by atoms with Crippen LogP contribution in [-0.2, 0) is 4.79 Å². The second kappa shape index (κ2) is 8.12. The zero-order valence-corrected chi connectivity index (χ0v) is 19.3. The first-order valence-electron chi connectivity index (χ1n) is 9.79. The van der Waals surface area contributed by atoms with Gasteiger partial charge in [-0.3, -0.25) is 4.79 Å². The summed E-state index contributed by atoms with van der Waals surface area (Å²) in [7, 11) is 5.58. The molecule has 168 valence electrons. The van der Waals surface area contributed by atoms with Crippen molar-refractivity contribution in [3.63, 3.8) is 0 Å². The first kappa shape index (κ1) is 22.1. The molecular formula is C21H23ClN6O3S. The van der Waals surface area contributed by atoms with E-state index in [1.807, 2.05) is 43.1 Å². The third kappa shape index (κ3) is 3.81. The molecule has 32 heavy (non-hydrogen) atoms. The van der Waals surface area contributed by atoms with Crippen molar-refractivity contribution >= 4 is 61.5 Å². The van der Waals surface area contributed by atoms with Gasteiger partial charge >= 0.3 is 5.97 Å². The number of carbonyl (C=O) groups is 2. The molecule has 1 aliphatic heterocycles. The van der Waals surface area contributed by atoms with Gasteiger partial charge < -0.3 is 31.3 Å². The van der Waals surface area contributed by atoms with Gasteiger partial charge in [0.15, 0.2) is 5.13 Å². The molecule has 2 atom stereocenters. The van der Waals surface area contributed by atoms with Crippen molar-refractivity contribution in [3.05, 3.63) is 47.0 Å². The summed E-state index contributed by atoms with van der Waals surface area (Å²) in [6.07, 6.45) is 0.0494. The van der Waals surface area contributed by atoms with E-state index in [4.69, 9.17) is 17.3 Å². The van der Waals surface area contributed by atoms with Crippen LogP contribution in [0.15, 0.2) is 36.4 Å². The molecule has 0 saturated carbocycles. The quantitative estimate of drug-likeness (QED) is 0.412. The third-order valence-corrected chi connectivity index (χ3v) is 6.78. The maximum atomic E-state index is 12.0. The first-order chi connectivity index (χ1) is 15.1. The highest BCUT2D eigenvalue weighted by Gasteiger charge is 2.50. The maximum Gasteiger partial charge on any atom is 0.335 e. The molecule has 3 aromatic rings. The highest BCUT2D eigenvalue weighted by atomic mass is 35.5. The number of halogens is 1. The summed E-state index contributed by atoms with van der Waals surface area (Å²) in [5, 5.41) is 17.6. The number of hydrogen-bond acceptors (Lipinski definition) is 8. The van der Waals surface area contributed by atoms with Gasteiger partial charge in [-0.15, -0.1) is 0 Å². The van der Waals surface area contributed by atoms with Crippen molar-refractivity contribution in [3.8, 4) is 0 Å². The fourth-order valence-corrected chi connectivity index (χ4v) is 5.26. The van der Waals surface area contributed by atoms with Gasteiger partial charge in [0.05, 0.1) is 33.2 Å². The highest BCUT2D eigenvalue weighted by Crippen LogP contribution is 2.44. The van der Waals surface area contributed by atoms with Crippen LogP contribution in [-0.4, -0.2) is 59.8 Å². The molecule has 0 aliphatic carbocycles. The van der Waals surface area contributed by atoms with Gasteiger partial charge in [0.2, 0.25) is 11.7 Å². The molecule has 0 radical (unpaired) electrons. The number of hydrogen-bond donors (Lipinski definition) is 4. The number of benzene rings is 2. The summed E-state index contributed by atoms with van der Waals surface area (Å²) >= 11 is 7.56. The molecule has 0 spiro atoms. The fourth-order valence-electron chi connectivity index (χ4n) is 4.06. The summed E-state index contributed by atoms with van der Waals surface area (Å²) in [6, 6.07) is 9.91. The summed E-state index contributed by atoms with van der Waals surface area (Å²) in [5.74, 6) is -2.51. The molecule has 0 fully saturated rings. The molecule has 2 unspecified atom stereocenters. The lowest BCUT2D eigenvalue weighted by Gasteiger charge is -2.46. The number of nitrogens with zero attached hydrogens (tertiary/aromatic N) is 3. The minimum Gasteiger partial charge on any atom is -0.478 e. The Labute approximate surface area is 193 Å². The number of anilines is 3. The van der Waals surface area contributed by atoms with Gasteiger partial charge in [-0.05, 0) is 50.5 Å². The molecule has 2 aromatic carbocycles. The number of nitrogens with one attached hydrogen (secondary N) is 2. The number of carboxylic acid groups (broad SMARTS) is 1. The zero-order valence-electron chi connectivity index (χ0n) is 17.7. The molecule has 0 bridgehead atoms. The number of primary amides is 1. The van der Waals surface area contributed by atoms with Gasteiger partial charge in [-0.1, -0.05) is 22.9 Å². The molecule has 9 nitrogen and oxygen atoms in total. The predicted molar refractivity (Wildman–Crippen MR) is 128 cm³/mol. The number of carboxylic acids is 1. The van der Waals surface area contributed by atoms with E-state index in [2.05, 4.69) is 15.6 Å². The topological polar surface area (TPSA) is 124 Å². The second-order valence-corrected chi connectivity index (χ2v) is 9.36. The number of fused-ring (bicyclic) bond motifs is 2. The Hall–Kier alpha value is -3.08. The molecule has 1 aromatic heterocycles. The van der Waals surface area contributed by atoms with E-state index in [-0.39, 0.29) is 12.0 Å². The molecule has 1 amide bonds. The number of amides is 1. The van der Waals surface area contributed by atoms with Crippen molar-refractivity contribution in [2.45, 2.75) is 18.2 Å². The molecule has 2 heterocycles. The average Bonchev–Trinajstić information content (AvgIpc) is 3.23. The van der Waals surface area contributed by atoms with Crippen molar-refractivity contribution < 1.29 is 14.7 Å². The summed E-state index contributed by atoms with van der Waals surface area (Å²) in [4.78, 5) is 32.0. The number of aromatic carboxylic acids is 1. The Morgan fingerprint density at radius 1 is 1.34 bits per heavy atom. The van der Waals surface area contributed by atoms with Crippen LogP contribution < -0.4 is 21.3 Å². The molecular weight excluding hydrogens is 452 g/mol. The molecule has 0 saturated heterocycles. The number of thiazole rings is 1. The molecule has 1 aliphatic rings. The van der Waals surface area contributed by atoms with Crippen LogP contribution in [0.25, 0.3) is 10.2 Å². The van der Waals surface area contributed by atoms with E-state index in [0.717, 1.165) is 15.9 Å². The maximum absolute atomic E-state index is 12.0. The van der Waals surface area contributed by atoms with Crippen LogP contribution in [0.5, 0.6) is 0 Å². The van der Waals surface area contributed by atoms with Crippen LogP contribution >= 0.6 is 22.9 Å². The molecule has 4 rings (SSSR count). The lowest BCUT2D eigenvalue weighted by Crippen LogP contribution is -2.67. The van der Waals surface area contributed by atoms with Gasteiger partial charge in [0.1, 0.15) is 0 Å². The lowest BCUT2D eigenvalue weighted by molar-refractivity contribution is -0.119. The Morgan fingerprint density at radius 3 is 2.75 bits per heavy atom. The van der Waals surface area contributed by atoms with Crippen molar-refractivity contribution in [1.29, 1.82) is 0 Å². The van der Waals surface area contributed by atoms with Gasteiger partial charge in [0, 0.05) is 18.5 Å². The Balaban J connectivity index is 1.82. The Bertz CT molecular complexity index is 1220. The highest BCUT2D eigenvalue weighted by molar-refractivity contribution is 7.22. The number of nitrogens with two attached hydrogens (primary N) is 1. The van der Waals surface area contributed by atoms with E-state index in [0.29, 0.717) is 15.8 Å². The Morgan fingerprint density at radius 2 is 2.09 bits per heavy atom. The number of aromatic nitrogens is 1. The fraction of sp³-hybridized carbons (Fsp3) is 0.286. The van der Waals surface area contributed by atoms with Crippen molar-refractivity contribution in [2.24, 2.45) is 5.73 Å². The van der Waals surface area contributed by atoms with Gasteiger partial charge in [-0.2, -0.15) is 0 Å². The van der Waals surface area contributed by atoms with Crippen molar-refractivity contribution in [2.75, 3.05) is 36.7 Å².